The van der Waals surface area contributed by atoms with Crippen LogP contribution in [-0.4, -0.2) is 25.1 Å². The van der Waals surface area contributed by atoms with Crippen LogP contribution in [-0.2, 0) is 6.54 Å². The Hall–Kier alpha value is -1.24. The van der Waals surface area contributed by atoms with Crippen molar-refractivity contribution >= 4 is 35.6 Å². The van der Waals surface area contributed by atoms with E-state index in [4.69, 9.17) is 5.73 Å². The molecule has 1 aromatic carbocycles. The highest BCUT2D eigenvalue weighted by Crippen LogP contribution is 2.18. The molecule has 1 saturated carbocycles. The van der Waals surface area contributed by atoms with Crippen LogP contribution in [0, 0.1) is 0 Å². The fraction of sp³-hybridized carbons (Fsp3) is 0.500. The van der Waals surface area contributed by atoms with Crippen LogP contribution in [0.25, 0.3) is 0 Å². The molecule has 0 atom stereocenters. The van der Waals surface area contributed by atoms with Crippen molar-refractivity contribution < 1.29 is 0 Å². The summed E-state index contributed by atoms with van der Waals surface area (Å²) in [5.74, 6) is 0.583. The van der Waals surface area contributed by atoms with Crippen LogP contribution in [0.5, 0.6) is 0 Å². The summed E-state index contributed by atoms with van der Waals surface area (Å²) in [4.78, 5) is 6.81. The van der Waals surface area contributed by atoms with Crippen molar-refractivity contribution in [3.05, 3.63) is 42.0 Å². The fourth-order valence-corrected chi connectivity index (χ4v) is 3.18. The largest absolute Gasteiger partial charge is 0.370 e. The smallest absolute Gasteiger partial charge is 0.189 e. The fourth-order valence-electron chi connectivity index (χ4n) is 3.18. The molecule has 0 radical (unpaired) electrons. The van der Waals surface area contributed by atoms with E-state index in [0.717, 1.165) is 13.1 Å². The first-order valence-electron chi connectivity index (χ1n) is 8.36. The highest BCUT2D eigenvalue weighted by atomic mass is 127. The Bertz CT molecular complexity index is 524. The van der Waals surface area contributed by atoms with Crippen LogP contribution >= 0.6 is 24.0 Å². The second kappa shape index (κ2) is 9.15. The highest BCUT2D eigenvalue weighted by molar-refractivity contribution is 14.0. The van der Waals surface area contributed by atoms with E-state index >= 15 is 0 Å². The first-order chi connectivity index (χ1) is 10.8. The maximum atomic E-state index is 6.00. The summed E-state index contributed by atoms with van der Waals surface area (Å²) in [6.07, 6.45) is 10.8. The van der Waals surface area contributed by atoms with Crippen molar-refractivity contribution in [3.63, 3.8) is 0 Å². The van der Waals surface area contributed by atoms with Crippen molar-refractivity contribution in [3.8, 4) is 0 Å². The van der Waals surface area contributed by atoms with E-state index in [0.29, 0.717) is 18.5 Å². The molecule has 1 aliphatic heterocycles. The number of halogens is 1. The van der Waals surface area contributed by atoms with E-state index in [1.807, 2.05) is 0 Å². The third kappa shape index (κ3) is 5.41. The van der Waals surface area contributed by atoms with E-state index in [-0.39, 0.29) is 24.0 Å². The van der Waals surface area contributed by atoms with E-state index in [9.17, 15) is 0 Å². The van der Waals surface area contributed by atoms with E-state index < -0.39 is 0 Å². The van der Waals surface area contributed by atoms with Gasteiger partial charge in [0.2, 0.25) is 0 Å². The average Bonchev–Trinajstić information content (AvgIpc) is 3.09. The molecule has 2 aliphatic rings. The zero-order valence-electron chi connectivity index (χ0n) is 13.6. The summed E-state index contributed by atoms with van der Waals surface area (Å²) in [6, 6.07) is 9.14. The molecule has 0 aromatic heterocycles. The number of nitrogens with two attached hydrogens (primary N) is 1. The molecule has 1 fully saturated rings. The molecule has 0 amide bonds. The Morgan fingerprint density at radius 1 is 1.09 bits per heavy atom. The minimum absolute atomic E-state index is 0. The Morgan fingerprint density at radius 2 is 1.74 bits per heavy atom. The van der Waals surface area contributed by atoms with Gasteiger partial charge in [-0.25, -0.2) is 4.99 Å². The molecule has 5 heteroatoms. The second-order valence-corrected chi connectivity index (χ2v) is 6.22. The number of nitrogens with zero attached hydrogens (tertiary/aromatic N) is 2. The third-order valence-electron chi connectivity index (χ3n) is 4.51. The summed E-state index contributed by atoms with van der Waals surface area (Å²) in [5.41, 5.74) is 8.47. The molecule has 0 saturated heterocycles. The van der Waals surface area contributed by atoms with Crippen molar-refractivity contribution in [1.82, 2.24) is 5.32 Å². The van der Waals surface area contributed by atoms with Crippen LogP contribution in [0.1, 0.15) is 37.7 Å². The van der Waals surface area contributed by atoms with Crippen molar-refractivity contribution in [1.29, 1.82) is 0 Å². The standard InChI is InChI=1S/C18H26N4.HI/c19-18(21-16-6-2-1-3-7-16)20-14-15-8-10-17(11-9-15)22-12-4-5-13-22;/h4-5,8-11,16H,1-3,6-7,12-14H2,(H3,19,20,21);1H. The number of hydrogen-bond acceptors (Lipinski definition) is 2. The summed E-state index contributed by atoms with van der Waals surface area (Å²) in [6.45, 7) is 2.66. The molecule has 3 rings (SSSR count). The van der Waals surface area contributed by atoms with Gasteiger partial charge in [0.1, 0.15) is 0 Å². The van der Waals surface area contributed by atoms with Gasteiger partial charge in [-0.2, -0.15) is 0 Å². The maximum absolute atomic E-state index is 6.00. The second-order valence-electron chi connectivity index (χ2n) is 6.22. The lowest BCUT2D eigenvalue weighted by atomic mass is 9.96. The normalized spacial score (nSPS) is 18.8. The first-order valence-corrected chi connectivity index (χ1v) is 8.36. The summed E-state index contributed by atoms with van der Waals surface area (Å²) < 4.78 is 0. The number of anilines is 1. The maximum Gasteiger partial charge on any atom is 0.189 e. The number of rotatable bonds is 4. The summed E-state index contributed by atoms with van der Waals surface area (Å²) in [7, 11) is 0. The molecule has 1 aromatic rings. The molecule has 23 heavy (non-hydrogen) atoms. The zero-order chi connectivity index (χ0) is 15.2. The van der Waals surface area contributed by atoms with Crippen molar-refractivity contribution in [2.24, 2.45) is 10.7 Å². The van der Waals surface area contributed by atoms with Crippen LogP contribution in [0.15, 0.2) is 41.4 Å². The summed E-state index contributed by atoms with van der Waals surface area (Å²) in [5, 5.41) is 3.36. The number of nitrogens with one attached hydrogen (secondary N) is 1. The van der Waals surface area contributed by atoms with Crippen LogP contribution < -0.4 is 16.0 Å². The van der Waals surface area contributed by atoms with Gasteiger partial charge in [-0.05, 0) is 30.5 Å². The zero-order valence-corrected chi connectivity index (χ0v) is 15.9. The van der Waals surface area contributed by atoms with Gasteiger partial charge in [0.05, 0.1) is 6.54 Å². The van der Waals surface area contributed by atoms with Crippen LogP contribution in [0.4, 0.5) is 5.69 Å². The minimum Gasteiger partial charge on any atom is -0.370 e. The highest BCUT2D eigenvalue weighted by Gasteiger charge is 2.13. The topological polar surface area (TPSA) is 53.6 Å². The number of hydrogen-bond donors (Lipinski definition) is 2. The summed E-state index contributed by atoms with van der Waals surface area (Å²) >= 11 is 0. The molecule has 126 valence electrons. The lowest BCUT2D eigenvalue weighted by Gasteiger charge is -2.23. The number of guanidine groups is 1. The van der Waals surface area contributed by atoms with Crippen molar-refractivity contribution in [2.45, 2.75) is 44.7 Å². The Labute approximate surface area is 156 Å². The van der Waals surface area contributed by atoms with Gasteiger partial charge in [0, 0.05) is 24.8 Å². The van der Waals surface area contributed by atoms with Gasteiger partial charge in [0.15, 0.2) is 5.96 Å². The quantitative estimate of drug-likeness (QED) is 0.336. The Morgan fingerprint density at radius 3 is 2.39 bits per heavy atom. The lowest BCUT2D eigenvalue weighted by molar-refractivity contribution is 0.412. The molecular formula is C18H27IN4. The Balaban J connectivity index is 0.00000192. The Kier molecular flexibility index (Phi) is 7.20. The average molecular weight is 426 g/mol. The molecular weight excluding hydrogens is 399 g/mol. The molecule has 0 bridgehead atoms. The van der Waals surface area contributed by atoms with Crippen LogP contribution in [0.2, 0.25) is 0 Å². The van der Waals surface area contributed by atoms with Gasteiger partial charge < -0.3 is 16.0 Å². The van der Waals surface area contributed by atoms with Gasteiger partial charge in [-0.3, -0.25) is 0 Å². The lowest BCUT2D eigenvalue weighted by Crippen LogP contribution is -2.41. The molecule has 0 spiro atoms. The molecule has 1 heterocycles. The predicted molar refractivity (Wildman–Crippen MR) is 109 cm³/mol. The molecule has 4 nitrogen and oxygen atoms in total. The monoisotopic (exact) mass is 426 g/mol. The van der Waals surface area contributed by atoms with Gasteiger partial charge in [0.25, 0.3) is 0 Å². The molecule has 0 unspecified atom stereocenters. The van der Waals surface area contributed by atoms with E-state index in [1.165, 1.54) is 43.4 Å². The predicted octanol–water partition coefficient (Wildman–Crippen LogP) is 3.42. The first kappa shape index (κ1) is 18.1. The SMILES string of the molecule is I.NC(=NCc1ccc(N2CC=CC2)cc1)NC1CCCCC1. The van der Waals surface area contributed by atoms with E-state index in [2.05, 4.69) is 51.6 Å². The van der Waals surface area contributed by atoms with Crippen LogP contribution in [0.3, 0.4) is 0 Å². The third-order valence-corrected chi connectivity index (χ3v) is 4.51. The molecule has 1 aliphatic carbocycles. The number of aliphatic imine (C=N–C) groups is 1. The van der Waals surface area contributed by atoms with Gasteiger partial charge in [-0.1, -0.05) is 43.5 Å². The minimum atomic E-state index is 0. The number of benzene rings is 1. The van der Waals surface area contributed by atoms with Gasteiger partial charge in [-0.15, -0.1) is 24.0 Å². The molecule has 3 N–H and O–H groups in total. The van der Waals surface area contributed by atoms with E-state index in [1.54, 1.807) is 0 Å². The van der Waals surface area contributed by atoms with Gasteiger partial charge >= 0.3 is 0 Å². The van der Waals surface area contributed by atoms with Crippen molar-refractivity contribution in [2.75, 3.05) is 18.0 Å².